The van der Waals surface area contributed by atoms with Crippen molar-refractivity contribution in [3.63, 3.8) is 0 Å². The highest BCUT2D eigenvalue weighted by molar-refractivity contribution is 6.35. The molecule has 0 aromatic heterocycles. The maximum absolute atomic E-state index is 12.9. The molecule has 1 heterocycles. The van der Waals surface area contributed by atoms with E-state index in [1.807, 2.05) is 30.3 Å². The van der Waals surface area contributed by atoms with Gasteiger partial charge in [-0.15, -0.1) is 0 Å². The first kappa shape index (κ1) is 24.8. The Kier molecular flexibility index (Phi) is 7.26. The SMILES string of the molecule is CC(=O)[C@@H](Cc1ccccc1)NC(=O)COC(=O)c1ccc2c(c1)C(=O)N(c1ccc(Cl)cc1)C2=O. The molecule has 0 aliphatic carbocycles. The molecule has 3 aromatic carbocycles. The van der Waals surface area contributed by atoms with Gasteiger partial charge >= 0.3 is 5.97 Å². The number of esters is 1. The van der Waals surface area contributed by atoms with Crippen LogP contribution in [0.15, 0.2) is 72.8 Å². The molecule has 0 saturated heterocycles. The number of hydrogen-bond donors (Lipinski definition) is 1. The Hall–Kier alpha value is -4.30. The molecule has 36 heavy (non-hydrogen) atoms. The van der Waals surface area contributed by atoms with Gasteiger partial charge in [0.2, 0.25) is 0 Å². The van der Waals surface area contributed by atoms with Gasteiger partial charge in [-0.05, 0) is 61.4 Å². The molecule has 3 aromatic rings. The molecular formula is C27H21ClN2O6. The number of ether oxygens (including phenoxy) is 1. The lowest BCUT2D eigenvalue weighted by molar-refractivity contribution is -0.128. The smallest absolute Gasteiger partial charge is 0.338 e. The van der Waals surface area contributed by atoms with E-state index in [0.29, 0.717) is 17.1 Å². The monoisotopic (exact) mass is 504 g/mol. The third-order valence-electron chi connectivity index (χ3n) is 5.65. The maximum atomic E-state index is 12.9. The van der Waals surface area contributed by atoms with Crippen LogP contribution in [0.3, 0.4) is 0 Å². The molecule has 1 aliphatic rings. The number of carbonyl (C=O) groups is 5. The highest BCUT2D eigenvalue weighted by Crippen LogP contribution is 2.30. The number of fused-ring (bicyclic) bond motifs is 1. The molecule has 0 spiro atoms. The van der Waals surface area contributed by atoms with Crippen LogP contribution in [0.5, 0.6) is 0 Å². The van der Waals surface area contributed by atoms with Crippen molar-refractivity contribution in [1.29, 1.82) is 0 Å². The zero-order valence-electron chi connectivity index (χ0n) is 19.2. The molecule has 0 radical (unpaired) electrons. The van der Waals surface area contributed by atoms with Gasteiger partial charge in [-0.25, -0.2) is 9.69 Å². The summed E-state index contributed by atoms with van der Waals surface area (Å²) in [6.07, 6.45) is 0.306. The number of amides is 3. The third-order valence-corrected chi connectivity index (χ3v) is 5.90. The average Bonchev–Trinajstić information content (AvgIpc) is 3.12. The van der Waals surface area contributed by atoms with Crippen LogP contribution in [0.4, 0.5) is 5.69 Å². The summed E-state index contributed by atoms with van der Waals surface area (Å²) in [7, 11) is 0. The highest BCUT2D eigenvalue weighted by Gasteiger charge is 2.37. The third kappa shape index (κ3) is 5.34. The van der Waals surface area contributed by atoms with E-state index < -0.39 is 36.3 Å². The number of benzene rings is 3. The maximum Gasteiger partial charge on any atom is 0.338 e. The van der Waals surface area contributed by atoms with Crippen molar-refractivity contribution in [2.24, 2.45) is 0 Å². The van der Waals surface area contributed by atoms with Gasteiger partial charge in [0.25, 0.3) is 17.7 Å². The number of anilines is 1. The molecule has 9 heteroatoms. The first-order valence-corrected chi connectivity index (χ1v) is 11.4. The minimum Gasteiger partial charge on any atom is -0.452 e. The van der Waals surface area contributed by atoms with Gasteiger partial charge in [-0.3, -0.25) is 19.2 Å². The molecule has 0 unspecified atom stereocenters. The van der Waals surface area contributed by atoms with Crippen molar-refractivity contribution < 1.29 is 28.7 Å². The summed E-state index contributed by atoms with van der Waals surface area (Å²) in [6, 6.07) is 18.6. The van der Waals surface area contributed by atoms with Gasteiger partial charge < -0.3 is 10.1 Å². The second-order valence-corrected chi connectivity index (χ2v) is 8.62. The number of ketones is 1. The second-order valence-electron chi connectivity index (χ2n) is 8.18. The number of nitrogens with one attached hydrogen (secondary N) is 1. The number of Topliss-reactive ketones (excluding diaryl/α,β-unsaturated/α-hetero) is 1. The number of halogens is 1. The fraction of sp³-hybridized carbons (Fsp3) is 0.148. The Morgan fingerprint density at radius 1 is 0.917 bits per heavy atom. The number of imide groups is 1. The van der Waals surface area contributed by atoms with Crippen molar-refractivity contribution in [2.75, 3.05) is 11.5 Å². The highest BCUT2D eigenvalue weighted by atomic mass is 35.5. The number of nitrogens with zero attached hydrogens (tertiary/aromatic N) is 1. The number of rotatable bonds is 8. The molecular weight excluding hydrogens is 484 g/mol. The fourth-order valence-electron chi connectivity index (χ4n) is 3.79. The Morgan fingerprint density at radius 3 is 2.25 bits per heavy atom. The van der Waals surface area contributed by atoms with Gasteiger partial charge in [0.15, 0.2) is 12.4 Å². The summed E-state index contributed by atoms with van der Waals surface area (Å²) in [4.78, 5) is 63.5. The van der Waals surface area contributed by atoms with Gasteiger partial charge in [0, 0.05) is 5.02 Å². The van der Waals surface area contributed by atoms with E-state index in [1.54, 1.807) is 24.3 Å². The van der Waals surface area contributed by atoms with Crippen LogP contribution in [0, 0.1) is 0 Å². The van der Waals surface area contributed by atoms with Gasteiger partial charge in [-0.2, -0.15) is 0 Å². The second kappa shape index (κ2) is 10.5. The van der Waals surface area contributed by atoms with E-state index in [9.17, 15) is 24.0 Å². The Balaban J connectivity index is 1.40. The first-order valence-electron chi connectivity index (χ1n) is 11.0. The van der Waals surface area contributed by atoms with Crippen molar-refractivity contribution in [3.8, 4) is 0 Å². The topological polar surface area (TPSA) is 110 Å². The van der Waals surface area contributed by atoms with Crippen LogP contribution in [0.2, 0.25) is 5.02 Å². The molecule has 182 valence electrons. The molecule has 0 fully saturated rings. The molecule has 4 rings (SSSR count). The van der Waals surface area contributed by atoms with Gasteiger partial charge in [0.05, 0.1) is 28.4 Å². The lowest BCUT2D eigenvalue weighted by atomic mass is 10.0. The van der Waals surface area contributed by atoms with E-state index in [0.717, 1.165) is 10.5 Å². The summed E-state index contributed by atoms with van der Waals surface area (Å²) >= 11 is 5.88. The van der Waals surface area contributed by atoms with Crippen LogP contribution in [-0.2, 0) is 20.7 Å². The minimum absolute atomic E-state index is 0.00746. The summed E-state index contributed by atoms with van der Waals surface area (Å²) in [5, 5.41) is 3.03. The van der Waals surface area contributed by atoms with Crippen LogP contribution in [-0.4, -0.2) is 42.1 Å². The van der Waals surface area contributed by atoms with Crippen molar-refractivity contribution in [2.45, 2.75) is 19.4 Å². The molecule has 3 amide bonds. The average molecular weight is 505 g/mol. The predicted octanol–water partition coefficient (Wildman–Crippen LogP) is 3.61. The zero-order valence-corrected chi connectivity index (χ0v) is 20.0. The van der Waals surface area contributed by atoms with Crippen LogP contribution >= 0.6 is 11.6 Å². The normalized spacial score (nSPS) is 13.2. The number of carbonyl (C=O) groups excluding carboxylic acids is 5. The van der Waals surface area contributed by atoms with E-state index >= 15 is 0 Å². The predicted molar refractivity (Wildman–Crippen MR) is 132 cm³/mol. The Bertz CT molecular complexity index is 1350. The van der Waals surface area contributed by atoms with E-state index in [4.69, 9.17) is 16.3 Å². The standard InChI is InChI=1S/C27H21ClN2O6/c1-16(31)23(13-17-5-3-2-4-6-17)29-24(32)15-36-27(35)18-7-12-21-22(14-18)26(34)30(25(21)33)20-10-8-19(28)9-11-20/h2-12,14,23H,13,15H2,1H3,(H,29,32)/t23-/m1/s1. The van der Waals surface area contributed by atoms with Crippen LogP contribution in [0.25, 0.3) is 0 Å². The molecule has 0 bridgehead atoms. The van der Waals surface area contributed by atoms with E-state index in [1.165, 1.54) is 25.1 Å². The van der Waals surface area contributed by atoms with Crippen molar-refractivity contribution in [3.05, 3.63) is 100 Å². The summed E-state index contributed by atoms with van der Waals surface area (Å²) in [5.41, 5.74) is 1.43. The molecule has 0 saturated carbocycles. The lowest BCUT2D eigenvalue weighted by Crippen LogP contribution is -2.43. The molecule has 1 atom stereocenters. The Labute approximate surface area is 211 Å². The first-order chi connectivity index (χ1) is 17.2. The van der Waals surface area contributed by atoms with Gasteiger partial charge in [-0.1, -0.05) is 41.9 Å². The van der Waals surface area contributed by atoms with Crippen LogP contribution < -0.4 is 10.2 Å². The lowest BCUT2D eigenvalue weighted by Gasteiger charge is -2.16. The quantitative estimate of drug-likeness (QED) is 0.370. The summed E-state index contributed by atoms with van der Waals surface area (Å²) in [6.45, 7) is 0.758. The number of hydrogen-bond acceptors (Lipinski definition) is 6. The molecule has 8 nitrogen and oxygen atoms in total. The van der Waals surface area contributed by atoms with E-state index in [-0.39, 0.29) is 22.5 Å². The van der Waals surface area contributed by atoms with Crippen molar-refractivity contribution >= 4 is 46.8 Å². The zero-order chi connectivity index (χ0) is 25.8. The van der Waals surface area contributed by atoms with E-state index in [2.05, 4.69) is 5.32 Å². The van der Waals surface area contributed by atoms with Crippen molar-refractivity contribution in [1.82, 2.24) is 5.32 Å². The summed E-state index contributed by atoms with van der Waals surface area (Å²) in [5.74, 6) is -2.83. The minimum atomic E-state index is -0.847. The Morgan fingerprint density at radius 2 is 1.58 bits per heavy atom. The fourth-order valence-corrected chi connectivity index (χ4v) is 3.92. The largest absolute Gasteiger partial charge is 0.452 e. The molecule has 1 N–H and O–H groups in total. The molecule has 1 aliphatic heterocycles. The summed E-state index contributed by atoms with van der Waals surface area (Å²) < 4.78 is 5.08. The van der Waals surface area contributed by atoms with Gasteiger partial charge in [0.1, 0.15) is 0 Å². The van der Waals surface area contributed by atoms with Crippen LogP contribution in [0.1, 0.15) is 43.6 Å².